The molecule has 6 heteroatoms. The molecule has 110 valence electrons. The van der Waals surface area contributed by atoms with Crippen LogP contribution in [0.3, 0.4) is 0 Å². The fraction of sp³-hybridized carbons (Fsp3) is 0.267. The number of aliphatic carboxylic acids is 1. The van der Waals surface area contributed by atoms with Gasteiger partial charge in [-0.3, -0.25) is 14.3 Å². The van der Waals surface area contributed by atoms with Crippen molar-refractivity contribution in [3.8, 4) is 0 Å². The number of carboxylic acid groups (broad SMARTS) is 1. The number of nitrogens with one attached hydrogen (secondary N) is 1. The zero-order valence-corrected chi connectivity index (χ0v) is 12.0. The molecule has 0 saturated carbocycles. The number of amides is 1. The molecule has 21 heavy (non-hydrogen) atoms. The van der Waals surface area contributed by atoms with Gasteiger partial charge in [0.2, 0.25) is 0 Å². The summed E-state index contributed by atoms with van der Waals surface area (Å²) < 4.78 is 1.52. The molecule has 0 bridgehead atoms. The highest BCUT2D eigenvalue weighted by Crippen LogP contribution is 2.17. The van der Waals surface area contributed by atoms with E-state index in [1.54, 1.807) is 37.4 Å². The minimum Gasteiger partial charge on any atom is -0.481 e. The third kappa shape index (κ3) is 3.47. The monoisotopic (exact) mass is 287 g/mol. The summed E-state index contributed by atoms with van der Waals surface area (Å²) in [5.74, 6) is -1.24. The number of nitrogens with zero attached hydrogens (tertiary/aromatic N) is 2. The number of aryl methyl sites for hydroxylation is 2. The Morgan fingerprint density at radius 3 is 2.67 bits per heavy atom. The van der Waals surface area contributed by atoms with Gasteiger partial charge in [-0.1, -0.05) is 25.1 Å². The maximum atomic E-state index is 12.3. The Morgan fingerprint density at radius 2 is 2.05 bits per heavy atom. The summed E-state index contributed by atoms with van der Waals surface area (Å²) in [6.07, 6.45) is 0.610. The van der Waals surface area contributed by atoms with Crippen LogP contribution >= 0.6 is 0 Å². The molecule has 0 aliphatic carbocycles. The predicted octanol–water partition coefficient (Wildman–Crippen LogP) is 1.86. The van der Waals surface area contributed by atoms with Crippen LogP contribution < -0.4 is 5.32 Å². The molecule has 0 spiro atoms. The van der Waals surface area contributed by atoms with Crippen LogP contribution in [0.4, 0.5) is 5.69 Å². The summed E-state index contributed by atoms with van der Waals surface area (Å²) in [7, 11) is 1.71. The quantitative estimate of drug-likeness (QED) is 0.879. The van der Waals surface area contributed by atoms with E-state index in [0.29, 0.717) is 16.9 Å². The molecule has 0 saturated heterocycles. The highest BCUT2D eigenvalue weighted by Gasteiger charge is 2.15. The third-order valence-electron chi connectivity index (χ3n) is 3.13. The van der Waals surface area contributed by atoms with Crippen molar-refractivity contribution in [1.82, 2.24) is 9.78 Å². The number of carbonyl (C=O) groups is 2. The molecular formula is C15H17N3O3. The number of rotatable bonds is 5. The first-order chi connectivity index (χ1) is 10.0. The van der Waals surface area contributed by atoms with Gasteiger partial charge in [-0.05, 0) is 24.1 Å². The lowest BCUT2D eigenvalue weighted by Crippen LogP contribution is -2.17. The van der Waals surface area contributed by atoms with Crippen molar-refractivity contribution in [2.75, 3.05) is 5.32 Å². The molecule has 0 aliphatic heterocycles. The van der Waals surface area contributed by atoms with Gasteiger partial charge in [-0.2, -0.15) is 5.10 Å². The van der Waals surface area contributed by atoms with Gasteiger partial charge in [0.15, 0.2) is 0 Å². The smallest absolute Gasteiger partial charge is 0.307 e. The number of hydrogen-bond acceptors (Lipinski definition) is 3. The van der Waals surface area contributed by atoms with Crippen LogP contribution in [-0.4, -0.2) is 26.8 Å². The predicted molar refractivity (Wildman–Crippen MR) is 78.3 cm³/mol. The molecule has 2 N–H and O–H groups in total. The molecule has 1 heterocycles. The van der Waals surface area contributed by atoms with Gasteiger partial charge in [-0.15, -0.1) is 0 Å². The first kappa shape index (κ1) is 14.8. The van der Waals surface area contributed by atoms with E-state index in [4.69, 9.17) is 5.11 Å². The van der Waals surface area contributed by atoms with Crippen LogP contribution in [0, 0.1) is 0 Å². The Hall–Kier alpha value is -2.63. The maximum Gasteiger partial charge on any atom is 0.307 e. The summed E-state index contributed by atoms with van der Waals surface area (Å²) in [5, 5.41) is 15.9. The molecule has 0 aliphatic rings. The molecule has 0 fully saturated rings. The Morgan fingerprint density at radius 1 is 1.33 bits per heavy atom. The number of carboxylic acids is 1. The molecule has 2 aromatic rings. The SMILES string of the molecule is CCc1cc(C(=O)Nc2ccccc2CC(=O)O)n(C)n1. The summed E-state index contributed by atoms with van der Waals surface area (Å²) in [5.41, 5.74) is 2.35. The first-order valence-electron chi connectivity index (χ1n) is 6.65. The lowest BCUT2D eigenvalue weighted by Gasteiger charge is -2.09. The highest BCUT2D eigenvalue weighted by atomic mass is 16.4. The van der Waals surface area contributed by atoms with Gasteiger partial charge >= 0.3 is 5.97 Å². The second-order valence-electron chi connectivity index (χ2n) is 4.68. The van der Waals surface area contributed by atoms with Gasteiger partial charge in [0.05, 0.1) is 12.1 Å². The standard InChI is InChI=1S/C15H17N3O3/c1-3-11-9-13(18(2)17-11)15(21)16-12-7-5-4-6-10(12)8-14(19)20/h4-7,9H,3,8H2,1-2H3,(H,16,21)(H,19,20). The molecule has 2 rings (SSSR count). The lowest BCUT2D eigenvalue weighted by atomic mass is 10.1. The maximum absolute atomic E-state index is 12.3. The number of hydrogen-bond donors (Lipinski definition) is 2. The molecule has 1 aromatic heterocycles. The number of benzene rings is 1. The minimum absolute atomic E-state index is 0.137. The fourth-order valence-electron chi connectivity index (χ4n) is 2.06. The van der Waals surface area contributed by atoms with E-state index in [-0.39, 0.29) is 12.3 Å². The number of aromatic nitrogens is 2. The number of carbonyl (C=O) groups excluding carboxylic acids is 1. The summed E-state index contributed by atoms with van der Waals surface area (Å²) in [4.78, 5) is 23.1. The zero-order valence-electron chi connectivity index (χ0n) is 12.0. The van der Waals surface area contributed by atoms with E-state index in [2.05, 4.69) is 10.4 Å². The van der Waals surface area contributed by atoms with E-state index < -0.39 is 5.97 Å². The molecule has 1 amide bonds. The van der Waals surface area contributed by atoms with Gasteiger partial charge < -0.3 is 10.4 Å². The van der Waals surface area contributed by atoms with E-state index >= 15 is 0 Å². The third-order valence-corrected chi connectivity index (χ3v) is 3.13. The van der Waals surface area contributed by atoms with Crippen LogP contribution in [0.5, 0.6) is 0 Å². The largest absolute Gasteiger partial charge is 0.481 e. The molecule has 1 aromatic carbocycles. The van der Waals surface area contributed by atoms with Crippen molar-refractivity contribution >= 4 is 17.6 Å². The minimum atomic E-state index is -0.939. The summed E-state index contributed by atoms with van der Waals surface area (Å²) >= 11 is 0. The fourth-order valence-corrected chi connectivity index (χ4v) is 2.06. The molecule has 0 atom stereocenters. The van der Waals surface area contributed by atoms with Gasteiger partial charge in [-0.25, -0.2) is 0 Å². The second-order valence-corrected chi connectivity index (χ2v) is 4.68. The normalized spacial score (nSPS) is 10.4. The second kappa shape index (κ2) is 6.21. The van der Waals surface area contributed by atoms with E-state index in [1.165, 1.54) is 4.68 Å². The van der Waals surface area contributed by atoms with Crippen LogP contribution in [0.1, 0.15) is 28.7 Å². The Labute approximate surface area is 122 Å². The van der Waals surface area contributed by atoms with Crippen LogP contribution in [0.2, 0.25) is 0 Å². The lowest BCUT2D eigenvalue weighted by molar-refractivity contribution is -0.136. The van der Waals surface area contributed by atoms with Crippen molar-refractivity contribution in [2.24, 2.45) is 7.05 Å². The van der Waals surface area contributed by atoms with Crippen molar-refractivity contribution in [1.29, 1.82) is 0 Å². The van der Waals surface area contributed by atoms with Crippen molar-refractivity contribution in [3.05, 3.63) is 47.3 Å². The summed E-state index contributed by atoms with van der Waals surface area (Å²) in [6.45, 7) is 1.96. The van der Waals surface area contributed by atoms with Crippen LogP contribution in [-0.2, 0) is 24.7 Å². The van der Waals surface area contributed by atoms with Crippen molar-refractivity contribution in [3.63, 3.8) is 0 Å². The average molecular weight is 287 g/mol. The average Bonchev–Trinajstić information content (AvgIpc) is 2.82. The van der Waals surface area contributed by atoms with Gasteiger partial charge in [0, 0.05) is 12.7 Å². The molecule has 6 nitrogen and oxygen atoms in total. The Bertz CT molecular complexity index is 677. The van der Waals surface area contributed by atoms with Gasteiger partial charge in [0.25, 0.3) is 5.91 Å². The molecule has 0 radical (unpaired) electrons. The highest BCUT2D eigenvalue weighted by molar-refractivity contribution is 6.03. The topological polar surface area (TPSA) is 84.2 Å². The molecular weight excluding hydrogens is 270 g/mol. The van der Waals surface area contributed by atoms with Crippen LogP contribution in [0.15, 0.2) is 30.3 Å². The number of anilines is 1. The Balaban J connectivity index is 2.23. The zero-order chi connectivity index (χ0) is 15.4. The van der Waals surface area contributed by atoms with E-state index in [9.17, 15) is 9.59 Å². The van der Waals surface area contributed by atoms with E-state index in [0.717, 1.165) is 12.1 Å². The Kier molecular flexibility index (Phi) is 4.37. The molecule has 0 unspecified atom stereocenters. The van der Waals surface area contributed by atoms with Crippen molar-refractivity contribution in [2.45, 2.75) is 19.8 Å². The van der Waals surface area contributed by atoms with Crippen molar-refractivity contribution < 1.29 is 14.7 Å². The van der Waals surface area contributed by atoms with E-state index in [1.807, 2.05) is 6.92 Å². The van der Waals surface area contributed by atoms with Gasteiger partial charge in [0.1, 0.15) is 5.69 Å². The summed E-state index contributed by atoms with van der Waals surface area (Å²) in [6, 6.07) is 8.60. The number of para-hydroxylation sites is 1. The van der Waals surface area contributed by atoms with Crippen LogP contribution in [0.25, 0.3) is 0 Å². The first-order valence-corrected chi connectivity index (χ1v) is 6.65.